The summed E-state index contributed by atoms with van der Waals surface area (Å²) in [6.07, 6.45) is 3.81. The number of ether oxygens (including phenoxy) is 1. The van der Waals surface area contributed by atoms with Crippen molar-refractivity contribution in [3.63, 3.8) is 0 Å². The zero-order valence-electron chi connectivity index (χ0n) is 16.3. The third-order valence-corrected chi connectivity index (χ3v) is 4.93. The van der Waals surface area contributed by atoms with E-state index < -0.39 is 41.4 Å². The number of rotatable bonds is 4. The second kappa shape index (κ2) is 9.89. The summed E-state index contributed by atoms with van der Waals surface area (Å²) >= 11 is 0. The fourth-order valence-electron chi connectivity index (χ4n) is 3.39. The first-order valence-corrected chi connectivity index (χ1v) is 9.60. The Bertz CT molecular complexity index is 751. The first-order valence-electron chi connectivity index (χ1n) is 9.60. The summed E-state index contributed by atoms with van der Waals surface area (Å²) < 4.78 is 73.0. The molecule has 0 bridgehead atoms. The molecule has 1 saturated carbocycles. The van der Waals surface area contributed by atoms with Crippen LogP contribution in [0.2, 0.25) is 0 Å². The fraction of sp³-hybridized carbons (Fsp3) is 0.455. The van der Waals surface area contributed by atoms with Crippen molar-refractivity contribution in [2.45, 2.75) is 59.0 Å². The van der Waals surface area contributed by atoms with Crippen LogP contribution in [0.3, 0.4) is 0 Å². The molecule has 0 saturated heterocycles. The molecule has 0 unspecified atom stereocenters. The van der Waals surface area contributed by atoms with E-state index in [1.54, 1.807) is 0 Å². The molecule has 3 rings (SSSR count). The minimum atomic E-state index is -1.60. The molecule has 6 heteroatoms. The molecule has 154 valence electrons. The Morgan fingerprint density at radius 1 is 0.786 bits per heavy atom. The molecule has 2 aromatic carbocycles. The third kappa shape index (κ3) is 5.24. The Labute approximate surface area is 162 Å². The van der Waals surface area contributed by atoms with Gasteiger partial charge in [0, 0.05) is 0 Å². The summed E-state index contributed by atoms with van der Waals surface area (Å²) in [6, 6.07) is 3.97. The number of halogens is 5. The number of hydrogen-bond donors (Lipinski definition) is 0. The Morgan fingerprint density at radius 3 is 1.79 bits per heavy atom. The average Bonchev–Trinajstić information content (AvgIpc) is 2.67. The van der Waals surface area contributed by atoms with Crippen LogP contribution in [0.4, 0.5) is 22.0 Å². The van der Waals surface area contributed by atoms with Gasteiger partial charge < -0.3 is 4.74 Å². The topological polar surface area (TPSA) is 9.23 Å². The second-order valence-corrected chi connectivity index (χ2v) is 6.93. The van der Waals surface area contributed by atoms with Crippen LogP contribution in [0.1, 0.15) is 63.5 Å². The van der Waals surface area contributed by atoms with Crippen molar-refractivity contribution in [2.24, 2.45) is 5.92 Å². The monoisotopic (exact) mass is 400 g/mol. The number of benzene rings is 2. The van der Waals surface area contributed by atoms with E-state index >= 15 is 0 Å². The summed E-state index contributed by atoms with van der Waals surface area (Å²) in [5.41, 5.74) is 0.531. The van der Waals surface area contributed by atoms with Crippen LogP contribution in [0, 0.1) is 35.0 Å². The molecule has 0 atom stereocenters. The molecule has 28 heavy (non-hydrogen) atoms. The second-order valence-electron chi connectivity index (χ2n) is 6.93. The van der Waals surface area contributed by atoms with Gasteiger partial charge in [0.15, 0.2) is 34.8 Å². The van der Waals surface area contributed by atoms with E-state index in [9.17, 15) is 22.0 Å². The molecule has 0 aromatic heterocycles. The first kappa shape index (κ1) is 22.2. The van der Waals surface area contributed by atoms with Crippen molar-refractivity contribution in [1.29, 1.82) is 0 Å². The summed E-state index contributed by atoms with van der Waals surface area (Å²) in [5, 5.41) is 0. The summed E-state index contributed by atoms with van der Waals surface area (Å²) in [6.45, 7) is 5.68. The van der Waals surface area contributed by atoms with Crippen molar-refractivity contribution >= 4 is 0 Å². The minimum Gasteiger partial charge on any atom is -0.483 e. The van der Waals surface area contributed by atoms with E-state index in [1.807, 2.05) is 13.8 Å². The Morgan fingerprint density at radius 2 is 1.29 bits per heavy atom. The maximum absolute atomic E-state index is 14.3. The van der Waals surface area contributed by atoms with Gasteiger partial charge in [0.1, 0.15) is 6.61 Å². The highest BCUT2D eigenvalue weighted by atomic mass is 19.2. The largest absolute Gasteiger partial charge is 0.483 e. The summed E-state index contributed by atoms with van der Waals surface area (Å²) in [7, 11) is 0. The highest BCUT2D eigenvalue weighted by Crippen LogP contribution is 2.37. The van der Waals surface area contributed by atoms with Crippen molar-refractivity contribution in [3.05, 3.63) is 64.5 Å². The lowest BCUT2D eigenvalue weighted by Crippen LogP contribution is -2.12. The molecule has 1 aliphatic carbocycles. The van der Waals surface area contributed by atoms with Crippen LogP contribution < -0.4 is 4.74 Å². The van der Waals surface area contributed by atoms with Gasteiger partial charge in [-0.3, -0.25) is 0 Å². The third-order valence-electron chi connectivity index (χ3n) is 4.93. The van der Waals surface area contributed by atoms with Gasteiger partial charge in [0.05, 0.1) is 0 Å². The van der Waals surface area contributed by atoms with Gasteiger partial charge in [-0.05, 0) is 60.1 Å². The van der Waals surface area contributed by atoms with E-state index in [0.29, 0.717) is 11.5 Å². The molecule has 2 aromatic rings. The Hall–Kier alpha value is -2.11. The van der Waals surface area contributed by atoms with Crippen LogP contribution in [0.25, 0.3) is 0 Å². The quantitative estimate of drug-likeness (QED) is 0.387. The Kier molecular flexibility index (Phi) is 7.84. The highest BCUT2D eigenvalue weighted by molar-refractivity contribution is 5.34. The van der Waals surface area contributed by atoms with Gasteiger partial charge in [-0.25, -0.2) is 22.0 Å². The minimum absolute atomic E-state index is 0.0643. The van der Waals surface area contributed by atoms with Crippen molar-refractivity contribution in [1.82, 2.24) is 0 Å². The van der Waals surface area contributed by atoms with Crippen molar-refractivity contribution < 1.29 is 26.7 Å². The molecule has 0 aliphatic heterocycles. The van der Waals surface area contributed by atoms with Crippen LogP contribution in [0.15, 0.2) is 24.3 Å². The predicted molar refractivity (Wildman–Crippen MR) is 98.7 cm³/mol. The predicted octanol–water partition coefficient (Wildman–Crippen LogP) is 7.28. The maximum atomic E-state index is 14.3. The van der Waals surface area contributed by atoms with Gasteiger partial charge >= 0.3 is 0 Å². The van der Waals surface area contributed by atoms with Gasteiger partial charge in [-0.15, -0.1) is 0 Å². The lowest BCUT2D eigenvalue weighted by molar-refractivity contribution is 0.271. The van der Waals surface area contributed by atoms with Gasteiger partial charge in [0.2, 0.25) is 0 Å². The molecule has 0 heterocycles. The maximum Gasteiger partial charge on any atom is 0.194 e. The SMILES string of the molecule is CC.CC1CCC(c2cc(F)c(OCc3cc(F)c(F)c(F)c3)c(F)c2)CC1. The molecule has 0 radical (unpaired) electrons. The molecule has 1 aliphatic rings. The van der Waals surface area contributed by atoms with E-state index in [-0.39, 0.29) is 11.5 Å². The van der Waals surface area contributed by atoms with Crippen LogP contribution in [-0.4, -0.2) is 0 Å². The van der Waals surface area contributed by atoms with E-state index in [2.05, 4.69) is 6.92 Å². The molecule has 0 spiro atoms. The summed E-state index contributed by atoms with van der Waals surface area (Å²) in [5.74, 6) is -5.95. The highest BCUT2D eigenvalue weighted by Gasteiger charge is 2.23. The molecule has 1 nitrogen and oxygen atoms in total. The molecule has 0 amide bonds. The average molecular weight is 400 g/mol. The van der Waals surface area contributed by atoms with Crippen LogP contribution >= 0.6 is 0 Å². The first-order chi connectivity index (χ1) is 13.3. The fourth-order valence-corrected chi connectivity index (χ4v) is 3.39. The van der Waals surface area contributed by atoms with E-state index in [4.69, 9.17) is 4.74 Å². The van der Waals surface area contributed by atoms with Gasteiger partial charge in [0.25, 0.3) is 0 Å². The van der Waals surface area contributed by atoms with Gasteiger partial charge in [-0.1, -0.05) is 33.6 Å². The van der Waals surface area contributed by atoms with Crippen LogP contribution in [0.5, 0.6) is 5.75 Å². The molecular formula is C22H25F5O. The molecular weight excluding hydrogens is 375 g/mol. The molecule has 0 N–H and O–H groups in total. The van der Waals surface area contributed by atoms with E-state index in [1.165, 1.54) is 12.1 Å². The zero-order valence-corrected chi connectivity index (χ0v) is 16.3. The lowest BCUT2D eigenvalue weighted by atomic mass is 9.79. The standard InChI is InChI=1S/C20H19F5O.C2H6/c1-11-2-4-13(5-3-11)14-8-17(23)20(18(24)9-14)26-10-12-6-15(21)19(25)16(22)7-12;1-2/h6-9,11,13H,2-5,10H2,1H3;1-2H3. The Balaban J connectivity index is 0.00000136. The number of hydrogen-bond acceptors (Lipinski definition) is 1. The van der Waals surface area contributed by atoms with Crippen molar-refractivity contribution in [3.8, 4) is 5.75 Å². The molecule has 1 fully saturated rings. The van der Waals surface area contributed by atoms with Crippen LogP contribution in [-0.2, 0) is 6.61 Å². The van der Waals surface area contributed by atoms with Crippen molar-refractivity contribution in [2.75, 3.05) is 0 Å². The van der Waals surface area contributed by atoms with Gasteiger partial charge in [-0.2, -0.15) is 0 Å². The smallest absolute Gasteiger partial charge is 0.194 e. The normalized spacial score (nSPS) is 19.0. The lowest BCUT2D eigenvalue weighted by Gasteiger charge is -2.26. The summed E-state index contributed by atoms with van der Waals surface area (Å²) in [4.78, 5) is 0. The van der Waals surface area contributed by atoms with E-state index in [0.717, 1.165) is 37.8 Å². The zero-order chi connectivity index (χ0) is 20.8.